The molecule has 5 heteroatoms. The maximum atomic E-state index is 5.05. The fourth-order valence-corrected chi connectivity index (χ4v) is 0.901. The van der Waals surface area contributed by atoms with E-state index < -0.39 is 0 Å². The first-order valence-corrected chi connectivity index (χ1v) is 4.26. The van der Waals surface area contributed by atoms with Crippen molar-refractivity contribution < 1.29 is 9.47 Å². The molecule has 0 amide bonds. The van der Waals surface area contributed by atoms with Crippen LogP contribution < -0.4 is 14.0 Å². The molecule has 0 aliphatic heterocycles. The highest BCUT2D eigenvalue weighted by Crippen LogP contribution is 2.20. The quantitative estimate of drug-likeness (QED) is 0.670. The first-order valence-electron chi connectivity index (χ1n) is 4.26. The van der Waals surface area contributed by atoms with Crippen molar-refractivity contribution in [1.29, 1.82) is 0 Å². The van der Waals surface area contributed by atoms with Gasteiger partial charge in [0.05, 0.1) is 41.4 Å². The smallest absolute Gasteiger partial charge is 0.334 e. The van der Waals surface area contributed by atoms with E-state index in [1.807, 2.05) is 21.1 Å². The number of nitrogens with zero attached hydrogens (tertiary/aromatic N) is 3. The van der Waals surface area contributed by atoms with Crippen LogP contribution >= 0.6 is 0 Å². The van der Waals surface area contributed by atoms with Gasteiger partial charge in [-0.2, -0.15) is 0 Å². The molecule has 1 heterocycles. The zero-order valence-electron chi connectivity index (χ0n) is 9.24. The third-order valence-electron chi connectivity index (χ3n) is 1.69. The Morgan fingerprint density at radius 3 is 1.71 bits per heavy atom. The van der Waals surface area contributed by atoms with Gasteiger partial charge >= 0.3 is 5.95 Å². The molecule has 0 unspecified atom stereocenters. The lowest BCUT2D eigenvalue weighted by atomic mass is 10.5. The monoisotopic (exact) mass is 198 g/mol. The molecular weight excluding hydrogens is 182 g/mol. The van der Waals surface area contributed by atoms with Gasteiger partial charge in [0, 0.05) is 0 Å². The zero-order chi connectivity index (χ0) is 10.8. The number of aromatic nitrogens is 2. The average molecular weight is 198 g/mol. The van der Waals surface area contributed by atoms with E-state index >= 15 is 0 Å². The molecule has 0 fully saturated rings. The van der Waals surface area contributed by atoms with Crippen molar-refractivity contribution in [2.75, 3.05) is 35.4 Å². The average Bonchev–Trinajstić information content (AvgIpc) is 2.15. The number of methoxy groups -OCH3 is 2. The molecule has 0 atom stereocenters. The van der Waals surface area contributed by atoms with E-state index in [1.54, 1.807) is 20.3 Å². The topological polar surface area (TPSA) is 44.2 Å². The summed E-state index contributed by atoms with van der Waals surface area (Å²) in [4.78, 5) is 8.46. The van der Waals surface area contributed by atoms with Crippen molar-refractivity contribution in [1.82, 2.24) is 14.5 Å². The van der Waals surface area contributed by atoms with Crippen LogP contribution in [0.25, 0.3) is 0 Å². The molecule has 0 N–H and O–H groups in total. The van der Waals surface area contributed by atoms with E-state index in [0.29, 0.717) is 22.2 Å². The predicted octanol–water partition coefficient (Wildman–Crippen LogP) is 0.690. The molecule has 0 radical (unpaired) electrons. The predicted molar refractivity (Wildman–Crippen MR) is 54.7 cm³/mol. The summed E-state index contributed by atoms with van der Waals surface area (Å²) in [5.41, 5.74) is 0. The molecule has 0 spiro atoms. The number of quaternary nitrogens is 1. The molecule has 1 rings (SSSR count). The summed E-state index contributed by atoms with van der Waals surface area (Å²) in [7, 11) is 9.08. The molecule has 14 heavy (non-hydrogen) atoms. The molecule has 0 saturated heterocycles. The minimum atomic E-state index is 0.514. The highest BCUT2D eigenvalue weighted by atomic mass is 16.5. The first-order chi connectivity index (χ1) is 6.47. The molecule has 0 bridgehead atoms. The van der Waals surface area contributed by atoms with Crippen LogP contribution in [0.4, 0.5) is 5.95 Å². The summed E-state index contributed by atoms with van der Waals surface area (Å²) < 4.78 is 10.6. The molecule has 1 aromatic heterocycles. The second-order valence-electron chi connectivity index (χ2n) is 3.77. The van der Waals surface area contributed by atoms with Gasteiger partial charge in [-0.1, -0.05) is 0 Å². The van der Waals surface area contributed by atoms with Crippen LogP contribution in [-0.2, 0) is 0 Å². The van der Waals surface area contributed by atoms with Crippen LogP contribution in [0.3, 0.4) is 0 Å². The third kappa shape index (κ3) is 2.32. The van der Waals surface area contributed by atoms with Crippen molar-refractivity contribution in [3.05, 3.63) is 6.07 Å². The lowest BCUT2D eigenvalue weighted by molar-refractivity contribution is 0.357. The standard InChI is InChI=1S/C9H16N3O2/c1-12(2,3)9-10-7(13-4)6-8(11-9)14-5/h6H,1-5H3/q+1. The van der Waals surface area contributed by atoms with Crippen molar-refractivity contribution in [3.8, 4) is 11.8 Å². The van der Waals surface area contributed by atoms with Gasteiger partial charge in [-0.05, 0) is 0 Å². The molecule has 0 aromatic carbocycles. The van der Waals surface area contributed by atoms with Crippen molar-refractivity contribution >= 4 is 5.95 Å². The summed E-state index contributed by atoms with van der Waals surface area (Å²) >= 11 is 0. The highest BCUT2D eigenvalue weighted by molar-refractivity contribution is 5.32. The van der Waals surface area contributed by atoms with Crippen LogP contribution in [0, 0.1) is 0 Å². The zero-order valence-corrected chi connectivity index (χ0v) is 9.24. The lowest BCUT2D eigenvalue weighted by Gasteiger charge is -2.20. The second kappa shape index (κ2) is 3.79. The van der Waals surface area contributed by atoms with Gasteiger partial charge in [0.15, 0.2) is 0 Å². The van der Waals surface area contributed by atoms with Crippen molar-refractivity contribution in [2.24, 2.45) is 0 Å². The summed E-state index contributed by atoms with van der Waals surface area (Å²) in [6.45, 7) is 0. The number of rotatable bonds is 3. The van der Waals surface area contributed by atoms with E-state index in [9.17, 15) is 0 Å². The van der Waals surface area contributed by atoms with Gasteiger partial charge in [0.25, 0.3) is 0 Å². The third-order valence-corrected chi connectivity index (χ3v) is 1.69. The van der Waals surface area contributed by atoms with Crippen LogP contribution in [0.5, 0.6) is 11.8 Å². The van der Waals surface area contributed by atoms with Gasteiger partial charge in [-0.25, -0.2) is 0 Å². The summed E-state index contributed by atoms with van der Waals surface area (Å²) in [5.74, 6) is 1.68. The lowest BCUT2D eigenvalue weighted by Crippen LogP contribution is -2.36. The Balaban J connectivity index is 3.17. The summed E-state index contributed by atoms with van der Waals surface area (Å²) in [6.07, 6.45) is 0. The van der Waals surface area contributed by atoms with Gasteiger partial charge in [-0.3, -0.25) is 4.48 Å². The van der Waals surface area contributed by atoms with Gasteiger partial charge < -0.3 is 9.47 Å². The Hall–Kier alpha value is -1.36. The van der Waals surface area contributed by atoms with Crippen LogP contribution in [0.1, 0.15) is 0 Å². The van der Waals surface area contributed by atoms with E-state index in [2.05, 4.69) is 9.97 Å². The number of hydrogen-bond acceptors (Lipinski definition) is 4. The normalized spacial score (nSPS) is 11.2. The molecule has 0 aliphatic rings. The van der Waals surface area contributed by atoms with Crippen molar-refractivity contribution in [3.63, 3.8) is 0 Å². The van der Waals surface area contributed by atoms with Crippen LogP contribution in [0.15, 0.2) is 6.07 Å². The van der Waals surface area contributed by atoms with Crippen LogP contribution in [0.2, 0.25) is 0 Å². The Labute approximate surface area is 83.9 Å². The Morgan fingerprint density at radius 1 is 1.00 bits per heavy atom. The van der Waals surface area contributed by atoms with Crippen LogP contribution in [-0.4, -0.2) is 45.3 Å². The Kier molecular flexibility index (Phi) is 2.90. The SMILES string of the molecule is COc1cc(OC)nc([N+](C)(C)C)n1. The number of hydrogen-bond donors (Lipinski definition) is 0. The van der Waals surface area contributed by atoms with E-state index in [1.165, 1.54) is 0 Å². The fraction of sp³-hybridized carbons (Fsp3) is 0.556. The maximum Gasteiger partial charge on any atom is 0.334 e. The van der Waals surface area contributed by atoms with E-state index in [4.69, 9.17) is 9.47 Å². The molecule has 0 aliphatic carbocycles. The molecule has 5 nitrogen and oxygen atoms in total. The molecule has 1 aromatic rings. The van der Waals surface area contributed by atoms with E-state index in [-0.39, 0.29) is 0 Å². The maximum absolute atomic E-state index is 5.05. The number of ether oxygens (including phenoxy) is 2. The first kappa shape index (κ1) is 10.7. The largest absolute Gasteiger partial charge is 0.481 e. The Morgan fingerprint density at radius 2 is 1.43 bits per heavy atom. The minimum Gasteiger partial charge on any atom is -0.481 e. The minimum absolute atomic E-state index is 0.514. The summed E-state index contributed by atoms with van der Waals surface area (Å²) in [5, 5.41) is 0. The molecule has 78 valence electrons. The second-order valence-corrected chi connectivity index (χ2v) is 3.77. The van der Waals surface area contributed by atoms with Gasteiger partial charge in [0.1, 0.15) is 0 Å². The van der Waals surface area contributed by atoms with Gasteiger partial charge in [-0.15, -0.1) is 9.97 Å². The summed E-state index contributed by atoms with van der Waals surface area (Å²) in [6, 6.07) is 1.65. The fourth-order valence-electron chi connectivity index (χ4n) is 0.901. The van der Waals surface area contributed by atoms with Crippen molar-refractivity contribution in [2.45, 2.75) is 0 Å². The van der Waals surface area contributed by atoms with Gasteiger partial charge in [0.2, 0.25) is 11.8 Å². The molecular formula is C9H16N3O2+. The molecule has 0 saturated carbocycles. The highest BCUT2D eigenvalue weighted by Gasteiger charge is 2.19. The van der Waals surface area contributed by atoms with E-state index in [0.717, 1.165) is 0 Å². The Bertz CT molecular complexity index is 298.